The summed E-state index contributed by atoms with van der Waals surface area (Å²) in [7, 11) is 0. The maximum Gasteiger partial charge on any atom is 0.328 e. The van der Waals surface area contributed by atoms with Crippen LogP contribution in [-0.4, -0.2) is 43.1 Å². The van der Waals surface area contributed by atoms with Gasteiger partial charge in [0.25, 0.3) is 5.91 Å². The second-order valence-corrected chi connectivity index (χ2v) is 7.53. The average Bonchev–Trinajstić information content (AvgIpc) is 3.12. The first-order valence-corrected chi connectivity index (χ1v) is 10.1. The monoisotopic (exact) mass is 469 g/mol. The Hall–Kier alpha value is -2.84. The minimum Gasteiger partial charge on any atom is -0.484 e. The van der Waals surface area contributed by atoms with Crippen LogP contribution in [0.4, 0.5) is 19.3 Å². The molecule has 0 saturated carbocycles. The maximum absolute atomic E-state index is 13.7. The molecule has 1 fully saturated rings. The number of carbonyl (C=O) groups is 2. The van der Waals surface area contributed by atoms with E-state index in [1.807, 2.05) is 0 Å². The summed E-state index contributed by atoms with van der Waals surface area (Å²) >= 11 is 11.3. The van der Waals surface area contributed by atoms with Crippen molar-refractivity contribution in [2.24, 2.45) is 0 Å². The van der Waals surface area contributed by atoms with E-state index in [0.717, 1.165) is 6.07 Å². The van der Waals surface area contributed by atoms with Gasteiger partial charge in [-0.1, -0.05) is 29.8 Å². The quantitative estimate of drug-likeness (QED) is 0.613. The van der Waals surface area contributed by atoms with E-state index in [4.69, 9.17) is 27.9 Å². The second kappa shape index (κ2) is 9.98. The molecule has 0 unspecified atom stereocenters. The molecule has 0 aliphatic carbocycles. The van der Waals surface area contributed by atoms with E-state index in [-0.39, 0.29) is 35.0 Å². The fourth-order valence-corrected chi connectivity index (χ4v) is 3.21. The molecule has 1 heterocycles. The lowest BCUT2D eigenvalue weighted by molar-refractivity contribution is -0.123. The molecular weight excluding hydrogens is 451 g/mol. The normalized spacial score (nSPS) is 13.5. The Kier molecular flexibility index (Phi) is 7.35. The zero-order valence-corrected chi connectivity index (χ0v) is 17.8. The highest BCUT2D eigenvalue weighted by atomic mass is 35.5. The van der Waals surface area contributed by atoms with Gasteiger partial charge in [0.2, 0.25) is 0 Å². The van der Waals surface area contributed by atoms with Gasteiger partial charge in [0, 0.05) is 43.5 Å². The van der Waals surface area contributed by atoms with Gasteiger partial charge in [-0.25, -0.2) is 13.6 Å². The van der Waals surface area contributed by atoms with Crippen LogP contribution < -0.4 is 15.0 Å². The average molecular weight is 470 g/mol. The third-order valence-electron chi connectivity index (χ3n) is 4.60. The molecule has 0 spiro atoms. The lowest BCUT2D eigenvalue weighted by atomic mass is 10.3. The van der Waals surface area contributed by atoms with E-state index >= 15 is 0 Å². The van der Waals surface area contributed by atoms with Crippen molar-refractivity contribution in [3.63, 3.8) is 0 Å². The molecule has 1 N–H and O–H groups in total. The van der Waals surface area contributed by atoms with Gasteiger partial charge in [-0.15, -0.1) is 0 Å². The van der Waals surface area contributed by atoms with E-state index in [1.54, 1.807) is 6.07 Å². The van der Waals surface area contributed by atoms with Crippen LogP contribution in [0.3, 0.4) is 0 Å². The van der Waals surface area contributed by atoms with Crippen molar-refractivity contribution in [2.45, 2.75) is 6.42 Å². The van der Waals surface area contributed by atoms with Crippen LogP contribution in [0.5, 0.6) is 5.75 Å². The molecule has 0 aromatic heterocycles. The van der Waals surface area contributed by atoms with Gasteiger partial charge in [0.15, 0.2) is 6.61 Å². The van der Waals surface area contributed by atoms with Gasteiger partial charge in [0.1, 0.15) is 17.4 Å². The molecule has 6 nitrogen and oxygen atoms in total. The van der Waals surface area contributed by atoms with Crippen molar-refractivity contribution < 1.29 is 23.1 Å². The number of ether oxygens (including phenoxy) is 1. The molecule has 10 heteroatoms. The highest BCUT2D eigenvalue weighted by molar-refractivity contribution is 6.31. The number of hydrogen-bond donors (Lipinski definition) is 1. The molecule has 2 aromatic rings. The molecular formula is C21H19Cl2F2N3O3. The molecule has 1 aliphatic heterocycles. The minimum atomic E-state index is -0.637. The Morgan fingerprint density at radius 3 is 2.45 bits per heavy atom. The largest absolute Gasteiger partial charge is 0.484 e. The lowest BCUT2D eigenvalue weighted by Crippen LogP contribution is -2.34. The summed E-state index contributed by atoms with van der Waals surface area (Å²) in [4.78, 5) is 27.5. The van der Waals surface area contributed by atoms with Crippen LogP contribution in [0.25, 0.3) is 0 Å². The number of anilines is 1. The van der Waals surface area contributed by atoms with Crippen molar-refractivity contribution >= 4 is 40.8 Å². The van der Waals surface area contributed by atoms with Crippen LogP contribution in [0.15, 0.2) is 48.7 Å². The standard InChI is InChI=1S/C21H19Cl2F2N3O3/c1-13(6-7-26-20(29)12-31-15-3-5-17(23)19(25)11-15)27-8-9-28(21(27)30)14-2-4-16(22)18(24)10-14/h2-5,10-11H,1,6-9,12H2,(H,26,29). The van der Waals surface area contributed by atoms with Gasteiger partial charge in [0.05, 0.1) is 10.0 Å². The number of nitrogens with zero attached hydrogens (tertiary/aromatic N) is 2. The molecule has 3 rings (SSSR count). The van der Waals surface area contributed by atoms with E-state index in [0.29, 0.717) is 30.9 Å². The SMILES string of the molecule is C=C(CCNC(=O)COc1ccc(Cl)c(F)c1)N1CCN(c2ccc(Cl)c(F)c2)C1=O. The molecule has 0 atom stereocenters. The molecule has 2 aromatic carbocycles. The Morgan fingerprint density at radius 2 is 1.77 bits per heavy atom. The summed E-state index contributed by atoms with van der Waals surface area (Å²) < 4.78 is 32.3. The summed E-state index contributed by atoms with van der Waals surface area (Å²) in [6.45, 7) is 4.60. The van der Waals surface area contributed by atoms with Gasteiger partial charge in [-0.2, -0.15) is 0 Å². The zero-order chi connectivity index (χ0) is 22.5. The van der Waals surface area contributed by atoms with Gasteiger partial charge in [-0.3, -0.25) is 14.6 Å². The van der Waals surface area contributed by atoms with Crippen molar-refractivity contribution in [2.75, 3.05) is 31.1 Å². The Morgan fingerprint density at radius 1 is 1.10 bits per heavy atom. The highest BCUT2D eigenvalue weighted by Gasteiger charge is 2.31. The molecule has 0 radical (unpaired) electrons. The predicted octanol–water partition coefficient (Wildman–Crippen LogP) is 4.61. The van der Waals surface area contributed by atoms with Crippen LogP contribution in [0.2, 0.25) is 10.0 Å². The first kappa shape index (κ1) is 22.8. The van der Waals surface area contributed by atoms with E-state index in [9.17, 15) is 18.4 Å². The summed E-state index contributed by atoms with van der Waals surface area (Å²) in [5.41, 5.74) is 0.925. The van der Waals surface area contributed by atoms with E-state index < -0.39 is 17.5 Å². The van der Waals surface area contributed by atoms with Gasteiger partial charge < -0.3 is 10.1 Å². The summed E-state index contributed by atoms with van der Waals surface area (Å²) in [5, 5.41) is 2.59. The van der Waals surface area contributed by atoms with Crippen LogP contribution in [0.1, 0.15) is 6.42 Å². The number of carbonyl (C=O) groups excluding carboxylic acids is 2. The van der Waals surface area contributed by atoms with Crippen molar-refractivity contribution in [1.82, 2.24) is 10.2 Å². The molecule has 0 bridgehead atoms. The first-order valence-electron chi connectivity index (χ1n) is 9.32. The molecule has 3 amide bonds. The third-order valence-corrected chi connectivity index (χ3v) is 5.22. The fraction of sp³-hybridized carbons (Fsp3) is 0.238. The maximum atomic E-state index is 13.7. The van der Waals surface area contributed by atoms with Crippen LogP contribution in [-0.2, 0) is 4.79 Å². The van der Waals surface area contributed by atoms with Crippen molar-refractivity contribution in [3.05, 3.63) is 70.4 Å². The Labute approximate surface area is 188 Å². The van der Waals surface area contributed by atoms with Gasteiger partial charge in [-0.05, 0) is 30.3 Å². The van der Waals surface area contributed by atoms with Crippen LogP contribution >= 0.6 is 23.2 Å². The minimum absolute atomic E-state index is 0.0161. The lowest BCUT2D eigenvalue weighted by Gasteiger charge is -2.21. The number of amides is 3. The first-order chi connectivity index (χ1) is 14.8. The summed E-state index contributed by atoms with van der Waals surface area (Å²) in [6.07, 6.45) is 0.329. The van der Waals surface area contributed by atoms with Crippen molar-refractivity contribution in [3.8, 4) is 5.75 Å². The zero-order valence-electron chi connectivity index (χ0n) is 16.3. The number of hydrogen-bond acceptors (Lipinski definition) is 3. The number of nitrogens with one attached hydrogen (secondary N) is 1. The highest BCUT2D eigenvalue weighted by Crippen LogP contribution is 2.26. The topological polar surface area (TPSA) is 61.9 Å². The Bertz CT molecular complexity index is 1020. The Balaban J connectivity index is 1.44. The number of halogens is 4. The van der Waals surface area contributed by atoms with Crippen molar-refractivity contribution in [1.29, 1.82) is 0 Å². The molecule has 1 saturated heterocycles. The second-order valence-electron chi connectivity index (χ2n) is 6.72. The number of benzene rings is 2. The number of urea groups is 1. The third kappa shape index (κ3) is 5.65. The van der Waals surface area contributed by atoms with E-state index in [2.05, 4.69) is 11.9 Å². The number of rotatable bonds is 8. The van der Waals surface area contributed by atoms with E-state index in [1.165, 1.54) is 34.1 Å². The molecule has 1 aliphatic rings. The summed E-state index contributed by atoms with van der Waals surface area (Å²) in [5.74, 6) is -1.46. The van der Waals surface area contributed by atoms with Gasteiger partial charge >= 0.3 is 6.03 Å². The molecule has 164 valence electrons. The van der Waals surface area contributed by atoms with Crippen LogP contribution in [0, 0.1) is 11.6 Å². The molecule has 31 heavy (non-hydrogen) atoms. The summed E-state index contributed by atoms with van der Waals surface area (Å²) in [6, 6.07) is 7.73. The predicted molar refractivity (Wildman–Crippen MR) is 115 cm³/mol. The smallest absolute Gasteiger partial charge is 0.328 e. The fourth-order valence-electron chi connectivity index (χ4n) is 2.97.